The van der Waals surface area contributed by atoms with Gasteiger partial charge >= 0.3 is 0 Å². The van der Waals surface area contributed by atoms with Crippen LogP contribution < -0.4 is 0 Å². The summed E-state index contributed by atoms with van der Waals surface area (Å²) in [5.74, 6) is 2.06. The van der Waals surface area contributed by atoms with Crippen molar-refractivity contribution in [3.63, 3.8) is 0 Å². The summed E-state index contributed by atoms with van der Waals surface area (Å²) in [6.07, 6.45) is 14.9. The summed E-state index contributed by atoms with van der Waals surface area (Å²) in [6, 6.07) is 0. The molecule has 0 amide bonds. The summed E-state index contributed by atoms with van der Waals surface area (Å²) in [7, 11) is 0. The van der Waals surface area contributed by atoms with Crippen molar-refractivity contribution in [1.82, 2.24) is 0 Å². The molecule has 0 nitrogen and oxygen atoms in total. The minimum absolute atomic E-state index is 0.658. The molecule has 80 valence electrons. The first kappa shape index (κ1) is 10.5. The Bertz CT molecular complexity index is 318. The number of rotatable bonds is 3. The van der Waals surface area contributed by atoms with Crippen molar-refractivity contribution in [2.75, 3.05) is 0 Å². The highest BCUT2D eigenvalue weighted by Crippen LogP contribution is 2.39. The first-order valence-electron chi connectivity index (χ1n) is 5.94. The van der Waals surface area contributed by atoms with Gasteiger partial charge in [-0.05, 0) is 19.8 Å². The number of allylic oxidation sites excluding steroid dienone is 8. The Morgan fingerprint density at radius 1 is 1.00 bits per heavy atom. The molecule has 2 aliphatic carbocycles. The molecule has 0 heterocycles. The maximum Gasteiger partial charge on any atom is 0.00171 e. The molecule has 0 radical (unpaired) electrons. The zero-order valence-electron chi connectivity index (χ0n) is 9.90. The van der Waals surface area contributed by atoms with E-state index in [1.54, 1.807) is 0 Å². The van der Waals surface area contributed by atoms with E-state index in [9.17, 15) is 0 Å². The Balaban J connectivity index is 2.18. The van der Waals surface area contributed by atoms with Crippen LogP contribution >= 0.6 is 0 Å². The molecule has 0 fully saturated rings. The number of hydrogen-bond acceptors (Lipinski definition) is 0. The third-order valence-corrected chi connectivity index (χ3v) is 3.80. The highest BCUT2D eigenvalue weighted by Gasteiger charge is 2.29. The molecule has 2 rings (SSSR count). The van der Waals surface area contributed by atoms with E-state index >= 15 is 0 Å². The predicted molar refractivity (Wildman–Crippen MR) is 66.6 cm³/mol. The van der Waals surface area contributed by atoms with Crippen LogP contribution in [0.3, 0.4) is 0 Å². The lowest BCUT2D eigenvalue weighted by atomic mass is 9.76. The van der Waals surface area contributed by atoms with Gasteiger partial charge in [-0.25, -0.2) is 0 Å². The molecule has 0 aromatic rings. The SMILES string of the molecule is CCC(C1C=CC=C1C)C1C=CC=C1C. The van der Waals surface area contributed by atoms with Crippen LogP contribution in [0.2, 0.25) is 0 Å². The summed E-state index contributed by atoms with van der Waals surface area (Å²) < 4.78 is 0. The third kappa shape index (κ3) is 1.86. The molecule has 0 heteroatoms. The first-order chi connectivity index (χ1) is 7.24. The Labute approximate surface area is 93.1 Å². The van der Waals surface area contributed by atoms with Gasteiger partial charge in [0.25, 0.3) is 0 Å². The molecule has 0 saturated carbocycles. The van der Waals surface area contributed by atoms with Crippen LogP contribution in [0.25, 0.3) is 0 Å². The van der Waals surface area contributed by atoms with E-state index in [1.165, 1.54) is 17.6 Å². The predicted octanol–water partition coefficient (Wildman–Crippen LogP) is 4.28. The highest BCUT2D eigenvalue weighted by atomic mass is 14.3. The van der Waals surface area contributed by atoms with Crippen LogP contribution in [0.1, 0.15) is 27.2 Å². The maximum atomic E-state index is 2.36. The molecule has 2 unspecified atom stereocenters. The molecule has 0 aliphatic heterocycles. The Morgan fingerprint density at radius 2 is 1.47 bits per heavy atom. The van der Waals surface area contributed by atoms with E-state index in [-0.39, 0.29) is 0 Å². The van der Waals surface area contributed by atoms with Crippen LogP contribution in [-0.2, 0) is 0 Å². The molecule has 15 heavy (non-hydrogen) atoms. The molecule has 2 aliphatic rings. The molecule has 0 aromatic heterocycles. The van der Waals surface area contributed by atoms with E-state index < -0.39 is 0 Å². The van der Waals surface area contributed by atoms with Gasteiger partial charge in [-0.1, -0.05) is 60.9 Å². The van der Waals surface area contributed by atoms with E-state index in [1.807, 2.05) is 0 Å². The van der Waals surface area contributed by atoms with Crippen LogP contribution in [0.15, 0.2) is 47.6 Å². The standard InChI is InChI=1S/C15H20/c1-4-13(14-9-5-7-11(14)2)15-10-6-8-12(15)3/h5-10,13-15H,4H2,1-3H3. The molecular formula is C15H20. The Hall–Kier alpha value is -1.04. The molecule has 2 atom stereocenters. The van der Waals surface area contributed by atoms with Crippen molar-refractivity contribution in [2.45, 2.75) is 27.2 Å². The summed E-state index contributed by atoms with van der Waals surface area (Å²) in [6.45, 7) is 6.82. The fourth-order valence-corrected chi connectivity index (χ4v) is 2.87. The van der Waals surface area contributed by atoms with Crippen molar-refractivity contribution in [1.29, 1.82) is 0 Å². The topological polar surface area (TPSA) is 0 Å². The molecule has 0 aromatic carbocycles. The molecular weight excluding hydrogens is 180 g/mol. The van der Waals surface area contributed by atoms with Gasteiger partial charge in [0.05, 0.1) is 0 Å². The summed E-state index contributed by atoms with van der Waals surface area (Å²) in [4.78, 5) is 0. The van der Waals surface area contributed by atoms with Crippen molar-refractivity contribution >= 4 is 0 Å². The average Bonchev–Trinajstić information content (AvgIpc) is 2.80. The van der Waals surface area contributed by atoms with Crippen molar-refractivity contribution < 1.29 is 0 Å². The molecule has 0 N–H and O–H groups in total. The lowest BCUT2D eigenvalue weighted by Crippen LogP contribution is -2.20. The maximum absolute atomic E-state index is 2.36. The molecule has 0 saturated heterocycles. The Kier molecular flexibility index (Phi) is 2.95. The quantitative estimate of drug-likeness (QED) is 0.638. The largest absolute Gasteiger partial charge is 0.0770 e. The van der Waals surface area contributed by atoms with Gasteiger partial charge in [0.1, 0.15) is 0 Å². The minimum Gasteiger partial charge on any atom is -0.0770 e. The third-order valence-electron chi connectivity index (χ3n) is 3.80. The fraction of sp³-hybridized carbons (Fsp3) is 0.467. The number of hydrogen-bond donors (Lipinski definition) is 0. The fourth-order valence-electron chi connectivity index (χ4n) is 2.87. The monoisotopic (exact) mass is 200 g/mol. The second-order valence-corrected chi connectivity index (χ2v) is 4.71. The second kappa shape index (κ2) is 4.22. The van der Waals surface area contributed by atoms with Gasteiger partial charge in [0, 0.05) is 11.8 Å². The normalized spacial score (nSPS) is 30.6. The Morgan fingerprint density at radius 3 is 1.73 bits per heavy atom. The highest BCUT2D eigenvalue weighted by molar-refractivity contribution is 5.32. The van der Waals surface area contributed by atoms with Crippen molar-refractivity contribution in [3.05, 3.63) is 47.6 Å². The second-order valence-electron chi connectivity index (χ2n) is 4.71. The van der Waals surface area contributed by atoms with E-state index in [2.05, 4.69) is 57.2 Å². The molecule has 0 bridgehead atoms. The summed E-state index contributed by atoms with van der Waals surface area (Å²) in [5, 5.41) is 0. The smallest absolute Gasteiger partial charge is 0.00171 e. The average molecular weight is 200 g/mol. The van der Waals surface area contributed by atoms with E-state index in [4.69, 9.17) is 0 Å². The van der Waals surface area contributed by atoms with Gasteiger partial charge in [-0.3, -0.25) is 0 Å². The van der Waals surface area contributed by atoms with Crippen molar-refractivity contribution in [3.8, 4) is 0 Å². The van der Waals surface area contributed by atoms with E-state index in [0.29, 0.717) is 11.8 Å². The first-order valence-corrected chi connectivity index (χ1v) is 5.94. The van der Waals surface area contributed by atoms with Crippen LogP contribution in [0, 0.1) is 17.8 Å². The summed E-state index contributed by atoms with van der Waals surface area (Å²) in [5.41, 5.74) is 3.05. The minimum atomic E-state index is 0.658. The van der Waals surface area contributed by atoms with Gasteiger partial charge < -0.3 is 0 Å². The van der Waals surface area contributed by atoms with Gasteiger partial charge in [0.2, 0.25) is 0 Å². The van der Waals surface area contributed by atoms with E-state index in [0.717, 1.165) is 5.92 Å². The lowest BCUT2D eigenvalue weighted by Gasteiger charge is -2.28. The van der Waals surface area contributed by atoms with Crippen LogP contribution in [0.4, 0.5) is 0 Å². The van der Waals surface area contributed by atoms with Crippen LogP contribution in [0.5, 0.6) is 0 Å². The summed E-state index contributed by atoms with van der Waals surface area (Å²) >= 11 is 0. The lowest BCUT2D eigenvalue weighted by molar-refractivity contribution is 0.361. The molecule has 0 spiro atoms. The zero-order valence-corrected chi connectivity index (χ0v) is 9.90. The van der Waals surface area contributed by atoms with Crippen LogP contribution in [-0.4, -0.2) is 0 Å². The zero-order chi connectivity index (χ0) is 10.8. The van der Waals surface area contributed by atoms with Gasteiger partial charge in [-0.15, -0.1) is 0 Å². The van der Waals surface area contributed by atoms with Gasteiger partial charge in [-0.2, -0.15) is 0 Å². The van der Waals surface area contributed by atoms with Gasteiger partial charge in [0.15, 0.2) is 0 Å². The van der Waals surface area contributed by atoms with Crippen molar-refractivity contribution in [2.24, 2.45) is 17.8 Å².